The van der Waals surface area contributed by atoms with Crippen LogP contribution in [0, 0.1) is 13.8 Å². The topological polar surface area (TPSA) is 110 Å². The van der Waals surface area contributed by atoms with E-state index in [-0.39, 0.29) is 16.8 Å². The van der Waals surface area contributed by atoms with Gasteiger partial charge in [-0.2, -0.15) is 0 Å². The zero-order valence-electron chi connectivity index (χ0n) is 18.3. The van der Waals surface area contributed by atoms with Crippen LogP contribution in [0.15, 0.2) is 64.0 Å². The van der Waals surface area contributed by atoms with Gasteiger partial charge in [0.2, 0.25) is 11.9 Å². The summed E-state index contributed by atoms with van der Waals surface area (Å²) in [4.78, 5) is 20.5. The second kappa shape index (κ2) is 10.6. The molecule has 0 fully saturated rings. The minimum absolute atomic E-state index is 0.00832. The fourth-order valence-electron chi connectivity index (χ4n) is 2.95. The Labute approximate surface area is 201 Å². The van der Waals surface area contributed by atoms with Gasteiger partial charge in [0.05, 0.1) is 11.5 Å². The number of aromatic nitrogens is 2. The van der Waals surface area contributed by atoms with Gasteiger partial charge in [0.15, 0.2) is 0 Å². The smallest absolute Gasteiger partial charge is 0.264 e. The Morgan fingerprint density at radius 1 is 1.06 bits per heavy atom. The number of nitrogens with zero attached hydrogens (tertiary/aromatic N) is 2. The average molecular weight is 531 g/mol. The minimum atomic E-state index is -3.87. The summed E-state index contributed by atoms with van der Waals surface area (Å²) in [6.45, 7) is 5.91. The van der Waals surface area contributed by atoms with Crippen LogP contribution in [0.1, 0.15) is 23.9 Å². The van der Waals surface area contributed by atoms with E-state index in [2.05, 4.69) is 35.9 Å². The normalized spacial score (nSPS) is 11.4. The van der Waals surface area contributed by atoms with Crippen LogP contribution in [0.5, 0.6) is 5.75 Å². The van der Waals surface area contributed by atoms with Crippen LogP contribution in [0.3, 0.4) is 0 Å². The Hall–Kier alpha value is -3.24. The van der Waals surface area contributed by atoms with Crippen molar-refractivity contribution in [3.8, 4) is 5.75 Å². The molecule has 0 atom stereocenters. The van der Waals surface area contributed by atoms with Crippen molar-refractivity contribution in [3.05, 3.63) is 76.0 Å². The third-order valence-corrected chi connectivity index (χ3v) is 6.16. The average Bonchev–Trinajstić information content (AvgIpc) is 2.73. The molecule has 0 spiro atoms. The van der Waals surface area contributed by atoms with E-state index >= 15 is 0 Å². The highest BCUT2D eigenvalue weighted by Gasteiger charge is 2.16. The summed E-state index contributed by atoms with van der Waals surface area (Å²) in [6.07, 6.45) is 3.03. The molecule has 2 aromatic carbocycles. The first-order valence-electron chi connectivity index (χ1n) is 10.0. The summed E-state index contributed by atoms with van der Waals surface area (Å²) in [5, 5.41) is 2.70. The number of halogens is 1. The molecule has 0 bridgehead atoms. The van der Waals surface area contributed by atoms with E-state index in [4.69, 9.17) is 4.74 Å². The molecule has 3 aromatic rings. The van der Waals surface area contributed by atoms with E-state index in [1.54, 1.807) is 26.0 Å². The molecule has 0 radical (unpaired) electrons. The van der Waals surface area contributed by atoms with E-state index in [1.807, 2.05) is 25.1 Å². The summed E-state index contributed by atoms with van der Waals surface area (Å²) in [5.41, 5.74) is 2.51. The molecular weight excluding hydrogens is 508 g/mol. The number of hydrogen-bond acceptors (Lipinski definition) is 6. The summed E-state index contributed by atoms with van der Waals surface area (Å²) >= 11 is 3.41. The first kappa shape index (κ1) is 24.4. The van der Waals surface area contributed by atoms with Crippen molar-refractivity contribution in [1.82, 2.24) is 9.97 Å². The number of sulfonamides is 1. The van der Waals surface area contributed by atoms with Gasteiger partial charge in [0, 0.05) is 33.2 Å². The molecule has 0 aliphatic heterocycles. The number of hydrogen-bond donors (Lipinski definition) is 2. The highest BCUT2D eigenvalue weighted by Crippen LogP contribution is 2.24. The zero-order chi connectivity index (χ0) is 24.0. The minimum Gasteiger partial charge on any atom is -0.493 e. The Kier molecular flexibility index (Phi) is 7.83. The monoisotopic (exact) mass is 530 g/mol. The lowest BCUT2D eigenvalue weighted by Gasteiger charge is -2.09. The molecule has 0 saturated carbocycles. The van der Waals surface area contributed by atoms with Gasteiger partial charge in [-0.05, 0) is 75.4 Å². The van der Waals surface area contributed by atoms with Gasteiger partial charge in [-0.3, -0.25) is 4.79 Å². The van der Waals surface area contributed by atoms with Gasteiger partial charge >= 0.3 is 0 Å². The molecule has 0 saturated heterocycles. The van der Waals surface area contributed by atoms with Crippen molar-refractivity contribution in [2.75, 3.05) is 16.6 Å². The molecule has 10 heteroatoms. The maximum atomic E-state index is 12.6. The maximum Gasteiger partial charge on any atom is 0.264 e. The molecule has 172 valence electrons. The summed E-state index contributed by atoms with van der Waals surface area (Å²) < 4.78 is 34.1. The molecule has 0 unspecified atom stereocenters. The third-order valence-electron chi connectivity index (χ3n) is 4.33. The molecule has 0 aliphatic carbocycles. The number of ether oxygens (including phenoxy) is 1. The lowest BCUT2D eigenvalue weighted by molar-refractivity contribution is -0.111. The summed E-state index contributed by atoms with van der Waals surface area (Å²) in [5.74, 6) is 0.309. The number of anilines is 2. The van der Waals surface area contributed by atoms with Crippen molar-refractivity contribution >= 4 is 49.6 Å². The number of carbonyl (C=O) groups is 1. The Bertz CT molecular complexity index is 1270. The second-order valence-electron chi connectivity index (χ2n) is 7.04. The van der Waals surface area contributed by atoms with E-state index in [9.17, 15) is 13.2 Å². The van der Waals surface area contributed by atoms with Crippen molar-refractivity contribution in [2.24, 2.45) is 0 Å². The summed E-state index contributed by atoms with van der Waals surface area (Å²) in [6, 6.07) is 13.1. The molecule has 1 amide bonds. The van der Waals surface area contributed by atoms with Crippen LogP contribution in [-0.2, 0) is 14.8 Å². The standard InChI is InChI=1S/C23H23BrN4O4S/c1-4-32-21-11-6-18(24)14-17(21)5-12-22(29)27-19-7-9-20(10-8-19)33(30,31)28-23-25-15(2)13-16(3)26-23/h5-14H,4H2,1-3H3,(H,27,29)(H,25,26,28). The number of carbonyl (C=O) groups excluding carboxylic acids is 1. The van der Waals surface area contributed by atoms with Crippen molar-refractivity contribution in [2.45, 2.75) is 25.7 Å². The van der Waals surface area contributed by atoms with Crippen molar-refractivity contribution < 1.29 is 17.9 Å². The molecule has 3 rings (SSSR count). The second-order valence-corrected chi connectivity index (χ2v) is 9.64. The highest BCUT2D eigenvalue weighted by molar-refractivity contribution is 9.10. The molecule has 1 heterocycles. The van der Waals surface area contributed by atoms with Crippen LogP contribution < -0.4 is 14.8 Å². The number of aryl methyl sites for hydroxylation is 2. The van der Waals surface area contributed by atoms with Gasteiger partial charge < -0.3 is 10.1 Å². The molecule has 1 aromatic heterocycles. The van der Waals surface area contributed by atoms with E-state index in [0.717, 1.165) is 10.0 Å². The zero-order valence-corrected chi connectivity index (χ0v) is 20.7. The first-order valence-corrected chi connectivity index (χ1v) is 12.3. The first-order chi connectivity index (χ1) is 15.7. The Morgan fingerprint density at radius 2 is 1.73 bits per heavy atom. The van der Waals surface area contributed by atoms with Crippen LogP contribution in [0.25, 0.3) is 6.08 Å². The van der Waals surface area contributed by atoms with E-state index < -0.39 is 10.0 Å². The van der Waals surface area contributed by atoms with Crippen molar-refractivity contribution in [1.29, 1.82) is 0 Å². The molecule has 8 nitrogen and oxygen atoms in total. The Balaban J connectivity index is 1.68. The molecule has 2 N–H and O–H groups in total. The molecule has 33 heavy (non-hydrogen) atoms. The maximum absolute atomic E-state index is 12.6. The van der Waals surface area contributed by atoms with Gasteiger partial charge in [0.1, 0.15) is 5.75 Å². The predicted molar refractivity (Wildman–Crippen MR) is 132 cm³/mol. The SMILES string of the molecule is CCOc1ccc(Br)cc1C=CC(=O)Nc1ccc(S(=O)(=O)Nc2nc(C)cc(C)n2)cc1. The summed E-state index contributed by atoms with van der Waals surface area (Å²) in [7, 11) is -3.87. The number of amides is 1. The molecular formula is C23H23BrN4O4S. The van der Waals surface area contributed by atoms with Crippen LogP contribution >= 0.6 is 15.9 Å². The largest absolute Gasteiger partial charge is 0.493 e. The van der Waals surface area contributed by atoms with E-state index in [1.165, 1.54) is 30.3 Å². The van der Waals surface area contributed by atoms with Gasteiger partial charge in [-0.25, -0.2) is 23.1 Å². The van der Waals surface area contributed by atoms with Crippen LogP contribution in [-0.4, -0.2) is 30.9 Å². The predicted octanol–water partition coefficient (Wildman–Crippen LogP) is 4.71. The van der Waals surface area contributed by atoms with E-state index in [0.29, 0.717) is 29.4 Å². The fourth-order valence-corrected chi connectivity index (χ4v) is 4.28. The van der Waals surface area contributed by atoms with Crippen LogP contribution in [0.2, 0.25) is 0 Å². The van der Waals surface area contributed by atoms with Crippen LogP contribution in [0.4, 0.5) is 11.6 Å². The lowest BCUT2D eigenvalue weighted by Crippen LogP contribution is -2.16. The Morgan fingerprint density at radius 3 is 2.36 bits per heavy atom. The fraction of sp³-hybridized carbons (Fsp3) is 0.174. The third kappa shape index (κ3) is 6.87. The van der Waals surface area contributed by atoms with Gasteiger partial charge in [-0.1, -0.05) is 15.9 Å². The van der Waals surface area contributed by atoms with Gasteiger partial charge in [0.25, 0.3) is 10.0 Å². The quantitative estimate of drug-likeness (QED) is 0.408. The number of nitrogens with one attached hydrogen (secondary N) is 2. The number of benzene rings is 2. The highest BCUT2D eigenvalue weighted by atomic mass is 79.9. The molecule has 0 aliphatic rings. The number of rotatable bonds is 8. The van der Waals surface area contributed by atoms with Crippen molar-refractivity contribution in [3.63, 3.8) is 0 Å². The lowest BCUT2D eigenvalue weighted by atomic mass is 10.2. The van der Waals surface area contributed by atoms with Gasteiger partial charge in [-0.15, -0.1) is 0 Å².